The molecule has 0 aromatic heterocycles. The van der Waals surface area contributed by atoms with Crippen LogP contribution in [0.3, 0.4) is 0 Å². The van der Waals surface area contributed by atoms with Crippen molar-refractivity contribution in [1.82, 2.24) is 10.6 Å². The van der Waals surface area contributed by atoms with Crippen LogP contribution >= 0.6 is 0 Å². The van der Waals surface area contributed by atoms with E-state index in [1.807, 2.05) is 12.1 Å². The van der Waals surface area contributed by atoms with E-state index in [0.717, 1.165) is 22.5 Å². The lowest BCUT2D eigenvalue weighted by atomic mass is 9.75. The van der Waals surface area contributed by atoms with Crippen LogP contribution < -0.4 is 20.4 Å². The van der Waals surface area contributed by atoms with Gasteiger partial charge in [-0.3, -0.25) is 9.59 Å². The molecular formula is C34H34N4O2. The Morgan fingerprint density at radius 2 is 0.975 bits per heavy atom. The van der Waals surface area contributed by atoms with Gasteiger partial charge in [-0.2, -0.15) is 0 Å². The topological polar surface area (TPSA) is 64.7 Å². The van der Waals surface area contributed by atoms with Crippen LogP contribution in [0.1, 0.15) is 49.9 Å². The summed E-state index contributed by atoms with van der Waals surface area (Å²) in [6.45, 7) is 9.49. The molecule has 2 atom stereocenters. The van der Waals surface area contributed by atoms with E-state index in [9.17, 15) is 9.59 Å². The van der Waals surface area contributed by atoms with Crippen molar-refractivity contribution in [2.45, 2.75) is 49.9 Å². The van der Waals surface area contributed by atoms with Crippen LogP contribution in [0.5, 0.6) is 0 Å². The number of benzene rings is 3. The van der Waals surface area contributed by atoms with Gasteiger partial charge in [0.15, 0.2) is 0 Å². The van der Waals surface area contributed by atoms with Crippen LogP contribution in [0.2, 0.25) is 0 Å². The van der Waals surface area contributed by atoms with E-state index in [1.165, 1.54) is 11.1 Å². The number of hydrogen-bond acceptors (Lipinski definition) is 4. The Bertz CT molecular complexity index is 1500. The molecule has 4 aliphatic rings. The highest BCUT2D eigenvalue weighted by molar-refractivity contribution is 5.92. The van der Waals surface area contributed by atoms with Crippen molar-refractivity contribution in [3.63, 3.8) is 0 Å². The van der Waals surface area contributed by atoms with Gasteiger partial charge in [-0.1, -0.05) is 101 Å². The van der Waals surface area contributed by atoms with Gasteiger partial charge in [-0.15, -0.1) is 0 Å². The average Bonchev–Trinajstić information content (AvgIpc) is 3.58. The molecule has 2 N–H and O–H groups in total. The number of rotatable bonds is 4. The number of fused-ring (bicyclic) bond motifs is 6. The molecular weight excluding hydrogens is 496 g/mol. The standard InChI is InChI=1S/C34H34N4O2/c1-31(2)25-9-5-7-11-27(25)37-21-29(39)35-33(31,37)19-17-23-13-15-24(16-14-23)18-20-34-32(3,4)26-10-6-8-12-28(26)38(34)22-30(40)36-34/h5-20H,21-22H2,1-4H3,(H,35,39)(H,36,40). The summed E-state index contributed by atoms with van der Waals surface area (Å²) in [4.78, 5) is 29.6. The van der Waals surface area contributed by atoms with Crippen LogP contribution in [-0.2, 0) is 20.4 Å². The van der Waals surface area contributed by atoms with Crippen molar-refractivity contribution >= 4 is 35.3 Å². The first-order valence-electron chi connectivity index (χ1n) is 13.9. The van der Waals surface area contributed by atoms with Crippen LogP contribution in [0.25, 0.3) is 12.2 Å². The third-order valence-corrected chi connectivity index (χ3v) is 9.73. The first kappa shape index (κ1) is 24.7. The molecule has 2 saturated heterocycles. The number of amides is 2. The molecule has 2 unspecified atom stereocenters. The van der Waals surface area contributed by atoms with Gasteiger partial charge in [0.1, 0.15) is 11.3 Å². The highest BCUT2D eigenvalue weighted by Crippen LogP contribution is 2.54. The normalized spacial score (nSPS) is 27.1. The molecule has 2 amide bonds. The molecule has 0 bridgehead atoms. The zero-order valence-electron chi connectivity index (χ0n) is 23.4. The second-order valence-electron chi connectivity index (χ2n) is 12.4. The van der Waals surface area contributed by atoms with Crippen LogP contribution in [0.4, 0.5) is 11.4 Å². The molecule has 3 aromatic carbocycles. The molecule has 0 saturated carbocycles. The molecule has 2 fully saturated rings. The summed E-state index contributed by atoms with van der Waals surface area (Å²) in [5.74, 6) is 0.0780. The lowest BCUT2D eigenvalue weighted by molar-refractivity contribution is -0.119. The third-order valence-electron chi connectivity index (χ3n) is 9.73. The maximum absolute atomic E-state index is 12.6. The van der Waals surface area contributed by atoms with Crippen LogP contribution in [-0.4, -0.2) is 36.2 Å². The van der Waals surface area contributed by atoms with Crippen molar-refractivity contribution in [1.29, 1.82) is 0 Å². The SMILES string of the molecule is CC1(C)c2ccccc2N2CC(=O)NC21C=Cc1ccc(C=CC23NC(=O)CN2c2ccccc2C3(C)C)cc1. The first-order valence-corrected chi connectivity index (χ1v) is 13.9. The summed E-state index contributed by atoms with van der Waals surface area (Å²) in [6, 6.07) is 25.1. The van der Waals surface area contributed by atoms with Crippen molar-refractivity contribution in [2.75, 3.05) is 22.9 Å². The molecule has 0 radical (unpaired) electrons. The van der Waals surface area contributed by atoms with Gasteiger partial charge in [0.05, 0.1) is 13.1 Å². The molecule has 7 rings (SSSR count). The lowest BCUT2D eigenvalue weighted by Gasteiger charge is -2.40. The Balaban J connectivity index is 1.17. The summed E-state index contributed by atoms with van der Waals surface area (Å²) in [5.41, 5.74) is 5.01. The Hall–Kier alpha value is -4.32. The van der Waals surface area contributed by atoms with Crippen molar-refractivity contribution in [3.05, 3.63) is 107 Å². The number of para-hydroxylation sites is 2. The fourth-order valence-electron chi connectivity index (χ4n) is 7.43. The summed E-state index contributed by atoms with van der Waals surface area (Å²) < 4.78 is 0. The predicted octanol–water partition coefficient (Wildman–Crippen LogP) is 4.96. The van der Waals surface area contributed by atoms with E-state index in [4.69, 9.17) is 0 Å². The molecule has 0 aliphatic carbocycles. The van der Waals surface area contributed by atoms with Gasteiger partial charge in [0.25, 0.3) is 0 Å². The van der Waals surface area contributed by atoms with E-state index < -0.39 is 11.3 Å². The van der Waals surface area contributed by atoms with E-state index in [-0.39, 0.29) is 22.6 Å². The largest absolute Gasteiger partial charge is 0.335 e. The highest BCUT2D eigenvalue weighted by Gasteiger charge is 2.61. The lowest BCUT2D eigenvalue weighted by Crippen LogP contribution is -2.58. The van der Waals surface area contributed by atoms with Gasteiger partial charge in [0, 0.05) is 22.2 Å². The number of nitrogens with zero attached hydrogens (tertiary/aromatic N) is 2. The molecule has 40 heavy (non-hydrogen) atoms. The van der Waals surface area contributed by atoms with Gasteiger partial charge in [0.2, 0.25) is 11.8 Å². The van der Waals surface area contributed by atoms with E-state index in [1.54, 1.807) is 0 Å². The molecule has 0 spiro atoms. The third kappa shape index (κ3) is 3.10. The minimum atomic E-state index is -0.612. The van der Waals surface area contributed by atoms with E-state index in [0.29, 0.717) is 13.1 Å². The summed E-state index contributed by atoms with van der Waals surface area (Å²) in [7, 11) is 0. The summed E-state index contributed by atoms with van der Waals surface area (Å²) in [6.07, 6.45) is 8.50. The molecule has 6 heteroatoms. The second-order valence-corrected chi connectivity index (χ2v) is 12.4. The maximum atomic E-state index is 12.6. The van der Waals surface area contributed by atoms with Crippen molar-refractivity contribution in [2.24, 2.45) is 0 Å². The molecule has 6 nitrogen and oxygen atoms in total. The van der Waals surface area contributed by atoms with Crippen LogP contribution in [0, 0.1) is 0 Å². The van der Waals surface area contributed by atoms with Gasteiger partial charge in [-0.25, -0.2) is 0 Å². The Morgan fingerprint density at radius 3 is 1.38 bits per heavy atom. The zero-order chi connectivity index (χ0) is 27.9. The number of hydrogen-bond donors (Lipinski definition) is 2. The number of anilines is 2. The summed E-state index contributed by atoms with van der Waals surface area (Å²) >= 11 is 0. The minimum absolute atomic E-state index is 0.0390. The quantitative estimate of drug-likeness (QED) is 0.501. The molecule has 4 heterocycles. The zero-order valence-corrected chi connectivity index (χ0v) is 23.4. The van der Waals surface area contributed by atoms with Crippen LogP contribution in [0.15, 0.2) is 84.9 Å². The Morgan fingerprint density at radius 1 is 0.600 bits per heavy atom. The molecule has 4 aliphatic heterocycles. The Kier molecular flexibility index (Phi) is 5.00. The number of nitrogens with one attached hydrogen (secondary N) is 2. The highest BCUT2D eigenvalue weighted by atomic mass is 16.2. The Labute approximate surface area is 235 Å². The van der Waals surface area contributed by atoms with Crippen molar-refractivity contribution in [3.8, 4) is 0 Å². The van der Waals surface area contributed by atoms with E-state index in [2.05, 4.69) is 133 Å². The fraction of sp³-hybridized carbons (Fsp3) is 0.294. The second kappa shape index (κ2) is 8.10. The smallest absolute Gasteiger partial charge is 0.241 e. The number of carbonyl (C=O) groups excluding carboxylic acids is 2. The number of carbonyl (C=O) groups is 2. The molecule has 202 valence electrons. The maximum Gasteiger partial charge on any atom is 0.241 e. The summed E-state index contributed by atoms with van der Waals surface area (Å²) in [5, 5.41) is 6.58. The van der Waals surface area contributed by atoms with Gasteiger partial charge >= 0.3 is 0 Å². The van der Waals surface area contributed by atoms with Gasteiger partial charge in [-0.05, 0) is 46.5 Å². The fourth-order valence-corrected chi connectivity index (χ4v) is 7.43. The van der Waals surface area contributed by atoms with Crippen molar-refractivity contribution < 1.29 is 9.59 Å². The first-order chi connectivity index (χ1) is 19.1. The van der Waals surface area contributed by atoms with E-state index >= 15 is 0 Å². The minimum Gasteiger partial charge on any atom is -0.335 e. The van der Waals surface area contributed by atoms with Gasteiger partial charge < -0.3 is 20.4 Å². The monoisotopic (exact) mass is 530 g/mol. The predicted molar refractivity (Wildman–Crippen MR) is 160 cm³/mol. The molecule has 3 aromatic rings. The average molecular weight is 531 g/mol.